The van der Waals surface area contributed by atoms with Crippen LogP contribution in [-0.2, 0) is 17.8 Å². The first-order valence-corrected chi connectivity index (χ1v) is 7.19. The lowest BCUT2D eigenvalue weighted by atomic mass is 10.0. The van der Waals surface area contributed by atoms with Gasteiger partial charge in [-0.3, -0.25) is 4.79 Å². The predicted octanol–water partition coefficient (Wildman–Crippen LogP) is 1.72. The van der Waals surface area contributed by atoms with Crippen LogP contribution in [0.4, 0.5) is 0 Å². The maximum absolute atomic E-state index is 12.0. The molecule has 2 aromatic heterocycles. The molecule has 1 N–H and O–H groups in total. The summed E-state index contributed by atoms with van der Waals surface area (Å²) in [5, 5.41) is 13.2. The minimum atomic E-state index is 0.0415. The smallest absolute Gasteiger partial charge is 0.225 e. The minimum absolute atomic E-state index is 0.0415. The Balaban J connectivity index is 1.91. The van der Waals surface area contributed by atoms with Crippen molar-refractivity contribution in [3.05, 3.63) is 34.8 Å². The Bertz CT molecular complexity index is 493. The lowest BCUT2D eigenvalue weighted by Crippen LogP contribution is -2.42. The van der Waals surface area contributed by atoms with Crippen molar-refractivity contribution >= 4 is 17.2 Å². The van der Waals surface area contributed by atoms with Crippen molar-refractivity contribution in [1.82, 2.24) is 20.3 Å². The molecule has 2 rings (SSSR count). The third-order valence-corrected chi connectivity index (χ3v) is 3.77. The molecule has 0 saturated carbocycles. The Hall–Kier alpha value is -1.69. The molecule has 0 aromatic carbocycles. The number of carbonyl (C=O) groups is 1. The molecule has 1 amide bonds. The Morgan fingerprint density at radius 3 is 2.74 bits per heavy atom. The van der Waals surface area contributed by atoms with Gasteiger partial charge >= 0.3 is 0 Å². The average molecular weight is 278 g/mol. The number of thiophene rings is 1. The molecule has 19 heavy (non-hydrogen) atoms. The van der Waals surface area contributed by atoms with E-state index in [1.165, 1.54) is 0 Å². The van der Waals surface area contributed by atoms with Crippen molar-refractivity contribution in [1.29, 1.82) is 0 Å². The standard InChI is InChI=1S/C13H18N4OS/c1-10(2)12(9-17-14-5-6-15-17)16-13(18)8-11-4-3-7-19-11/h3-7,10,12H,8-9H2,1-2H3,(H,16,18)/t12-/m0/s1. The van der Waals surface area contributed by atoms with E-state index in [4.69, 9.17) is 0 Å². The van der Waals surface area contributed by atoms with Crippen LogP contribution in [0.2, 0.25) is 0 Å². The molecule has 0 spiro atoms. The van der Waals surface area contributed by atoms with E-state index in [1.807, 2.05) is 17.5 Å². The fraction of sp³-hybridized carbons (Fsp3) is 0.462. The first-order valence-electron chi connectivity index (χ1n) is 6.31. The van der Waals surface area contributed by atoms with E-state index in [0.717, 1.165) is 4.88 Å². The third kappa shape index (κ3) is 4.17. The molecule has 6 heteroatoms. The molecule has 0 unspecified atom stereocenters. The normalized spacial score (nSPS) is 12.6. The molecular formula is C13H18N4OS. The second-order valence-electron chi connectivity index (χ2n) is 4.76. The van der Waals surface area contributed by atoms with E-state index < -0.39 is 0 Å². The van der Waals surface area contributed by atoms with Crippen molar-refractivity contribution in [2.45, 2.75) is 32.9 Å². The number of rotatable bonds is 6. The van der Waals surface area contributed by atoms with Gasteiger partial charge in [0.15, 0.2) is 0 Å². The highest BCUT2D eigenvalue weighted by molar-refractivity contribution is 7.10. The van der Waals surface area contributed by atoms with Gasteiger partial charge in [-0.25, -0.2) is 0 Å². The largest absolute Gasteiger partial charge is 0.351 e. The number of hydrogen-bond donors (Lipinski definition) is 1. The summed E-state index contributed by atoms with van der Waals surface area (Å²) in [6.45, 7) is 4.76. The quantitative estimate of drug-likeness (QED) is 0.875. The summed E-state index contributed by atoms with van der Waals surface area (Å²) in [5.41, 5.74) is 0. The zero-order valence-corrected chi connectivity index (χ0v) is 11.9. The van der Waals surface area contributed by atoms with Crippen LogP contribution in [0.1, 0.15) is 18.7 Å². The number of carbonyl (C=O) groups excluding carboxylic acids is 1. The fourth-order valence-corrected chi connectivity index (χ4v) is 2.47. The van der Waals surface area contributed by atoms with Gasteiger partial charge in [0, 0.05) is 4.88 Å². The zero-order chi connectivity index (χ0) is 13.7. The number of nitrogens with zero attached hydrogens (tertiary/aromatic N) is 3. The van der Waals surface area contributed by atoms with Crippen LogP contribution in [0, 0.1) is 5.92 Å². The highest BCUT2D eigenvalue weighted by atomic mass is 32.1. The lowest BCUT2D eigenvalue weighted by Gasteiger charge is -2.21. The van der Waals surface area contributed by atoms with E-state index in [-0.39, 0.29) is 11.9 Å². The van der Waals surface area contributed by atoms with Crippen LogP contribution >= 0.6 is 11.3 Å². The van der Waals surface area contributed by atoms with Gasteiger partial charge in [-0.15, -0.1) is 11.3 Å². The van der Waals surface area contributed by atoms with E-state index >= 15 is 0 Å². The highest BCUT2D eigenvalue weighted by Crippen LogP contribution is 2.10. The summed E-state index contributed by atoms with van der Waals surface area (Å²) < 4.78 is 0. The molecule has 0 aliphatic carbocycles. The van der Waals surface area contributed by atoms with Crippen LogP contribution < -0.4 is 5.32 Å². The van der Waals surface area contributed by atoms with Gasteiger partial charge < -0.3 is 5.32 Å². The summed E-state index contributed by atoms with van der Waals surface area (Å²) in [4.78, 5) is 14.7. The molecule has 1 atom stereocenters. The number of hydrogen-bond acceptors (Lipinski definition) is 4. The van der Waals surface area contributed by atoms with Crippen molar-refractivity contribution in [3.8, 4) is 0 Å². The molecule has 5 nitrogen and oxygen atoms in total. The van der Waals surface area contributed by atoms with Crippen LogP contribution in [-0.4, -0.2) is 26.9 Å². The highest BCUT2D eigenvalue weighted by Gasteiger charge is 2.17. The summed E-state index contributed by atoms with van der Waals surface area (Å²) in [6.07, 6.45) is 3.73. The van der Waals surface area contributed by atoms with Crippen molar-refractivity contribution in [2.75, 3.05) is 0 Å². The van der Waals surface area contributed by atoms with Crippen molar-refractivity contribution < 1.29 is 4.79 Å². The van der Waals surface area contributed by atoms with Gasteiger partial charge in [-0.05, 0) is 17.4 Å². The van der Waals surface area contributed by atoms with Gasteiger partial charge in [0.2, 0.25) is 5.91 Å². The molecule has 102 valence electrons. The monoisotopic (exact) mass is 278 g/mol. The summed E-state index contributed by atoms with van der Waals surface area (Å²) in [7, 11) is 0. The maximum atomic E-state index is 12.0. The Morgan fingerprint density at radius 2 is 2.16 bits per heavy atom. The number of nitrogens with one attached hydrogen (secondary N) is 1. The molecule has 0 saturated heterocycles. The van der Waals surface area contributed by atoms with E-state index in [2.05, 4.69) is 29.4 Å². The number of amides is 1. The molecule has 0 fully saturated rings. The molecular weight excluding hydrogens is 260 g/mol. The molecule has 0 radical (unpaired) electrons. The first-order chi connectivity index (χ1) is 9.15. The van der Waals surface area contributed by atoms with E-state index in [1.54, 1.807) is 28.5 Å². The molecule has 2 heterocycles. The van der Waals surface area contributed by atoms with Gasteiger partial charge in [0.1, 0.15) is 0 Å². The number of aromatic nitrogens is 3. The minimum Gasteiger partial charge on any atom is -0.351 e. The van der Waals surface area contributed by atoms with Crippen LogP contribution in [0.3, 0.4) is 0 Å². The van der Waals surface area contributed by atoms with Crippen molar-refractivity contribution in [2.24, 2.45) is 5.92 Å². The van der Waals surface area contributed by atoms with Gasteiger partial charge in [0.25, 0.3) is 0 Å². The topological polar surface area (TPSA) is 59.8 Å². The SMILES string of the molecule is CC(C)[C@H](Cn1nccn1)NC(=O)Cc1cccs1. The van der Waals surface area contributed by atoms with E-state index in [0.29, 0.717) is 18.9 Å². The van der Waals surface area contributed by atoms with Crippen molar-refractivity contribution in [3.63, 3.8) is 0 Å². The second-order valence-corrected chi connectivity index (χ2v) is 5.79. The second kappa shape index (κ2) is 6.47. The van der Waals surface area contributed by atoms with Crippen LogP contribution in [0.25, 0.3) is 0 Å². The van der Waals surface area contributed by atoms with E-state index in [9.17, 15) is 4.79 Å². The third-order valence-electron chi connectivity index (χ3n) is 2.89. The molecule has 2 aromatic rings. The Labute approximate surface area is 116 Å². The van der Waals surface area contributed by atoms with Crippen LogP contribution in [0.5, 0.6) is 0 Å². The van der Waals surface area contributed by atoms with Gasteiger partial charge in [-0.1, -0.05) is 19.9 Å². The average Bonchev–Trinajstić information content (AvgIpc) is 3.00. The summed E-state index contributed by atoms with van der Waals surface area (Å²) in [6, 6.07) is 3.98. The fourth-order valence-electron chi connectivity index (χ4n) is 1.77. The Morgan fingerprint density at radius 1 is 1.42 bits per heavy atom. The Kier molecular flexibility index (Phi) is 4.68. The summed E-state index contributed by atoms with van der Waals surface area (Å²) in [5.74, 6) is 0.381. The van der Waals surface area contributed by atoms with Gasteiger partial charge in [0.05, 0.1) is 31.4 Å². The first kappa shape index (κ1) is 13.7. The molecule has 0 aliphatic rings. The zero-order valence-electron chi connectivity index (χ0n) is 11.1. The summed E-state index contributed by atoms with van der Waals surface area (Å²) >= 11 is 1.60. The maximum Gasteiger partial charge on any atom is 0.225 e. The van der Waals surface area contributed by atoms with Crippen LogP contribution in [0.15, 0.2) is 29.9 Å². The predicted molar refractivity (Wildman–Crippen MR) is 74.8 cm³/mol. The molecule has 0 aliphatic heterocycles. The molecule has 0 bridgehead atoms. The van der Waals surface area contributed by atoms with Gasteiger partial charge in [-0.2, -0.15) is 15.0 Å². The lowest BCUT2D eigenvalue weighted by molar-refractivity contribution is -0.121.